The topological polar surface area (TPSA) is 55.8 Å². The molecule has 0 radical (unpaired) electrons. The Morgan fingerprint density at radius 2 is 1.88 bits per heavy atom. The predicted octanol–water partition coefficient (Wildman–Crippen LogP) is 5.32. The lowest BCUT2D eigenvalue weighted by atomic mass is 10.00. The Bertz CT molecular complexity index is 822. The number of carbonyl (C=O) groups excluding carboxylic acids is 1. The Labute approximate surface area is 170 Å². The standard InChI is InChI=1S/C18H15Br3O4/c1-9-2-3-11(13(22)6-9)17(23)16(21)15(20)12-7-10(19)8-14-18(12)25-5-4-24-14/h2-3,6-8,15-16,22H,4-5H2,1H3/t15-,16-/m1/s1. The molecule has 1 aliphatic heterocycles. The van der Waals surface area contributed by atoms with Gasteiger partial charge in [-0.15, -0.1) is 0 Å². The van der Waals surface area contributed by atoms with Gasteiger partial charge in [0.15, 0.2) is 17.3 Å². The second-order valence-electron chi connectivity index (χ2n) is 5.71. The molecule has 0 spiro atoms. The number of alkyl halides is 2. The quantitative estimate of drug-likeness (QED) is 0.426. The molecule has 2 atom stereocenters. The van der Waals surface area contributed by atoms with Gasteiger partial charge in [0.05, 0.1) is 15.2 Å². The second kappa shape index (κ2) is 7.68. The van der Waals surface area contributed by atoms with Crippen LogP contribution in [-0.2, 0) is 0 Å². The minimum absolute atomic E-state index is 0.0231. The van der Waals surface area contributed by atoms with E-state index < -0.39 is 4.83 Å². The molecular weight excluding hydrogens is 520 g/mol. The molecular formula is C18H15Br3O4. The van der Waals surface area contributed by atoms with E-state index in [4.69, 9.17) is 9.47 Å². The molecule has 0 aromatic heterocycles. The predicted molar refractivity (Wildman–Crippen MR) is 107 cm³/mol. The van der Waals surface area contributed by atoms with Crippen LogP contribution in [0, 0.1) is 6.92 Å². The zero-order valence-corrected chi connectivity index (χ0v) is 18.0. The van der Waals surface area contributed by atoms with Crippen LogP contribution in [0.1, 0.15) is 26.3 Å². The summed E-state index contributed by atoms with van der Waals surface area (Å²) in [6.07, 6.45) is 0. The molecule has 2 aromatic carbocycles. The third-order valence-corrected chi connectivity index (χ3v) is 6.99. The first kappa shape index (κ1) is 18.7. The van der Waals surface area contributed by atoms with Crippen LogP contribution in [-0.4, -0.2) is 28.9 Å². The molecule has 0 aliphatic carbocycles. The van der Waals surface area contributed by atoms with E-state index in [-0.39, 0.29) is 21.9 Å². The Morgan fingerprint density at radius 3 is 2.60 bits per heavy atom. The molecule has 0 amide bonds. The zero-order chi connectivity index (χ0) is 18.1. The number of ketones is 1. The maximum absolute atomic E-state index is 12.8. The summed E-state index contributed by atoms with van der Waals surface area (Å²) in [5.41, 5.74) is 1.96. The normalized spacial score (nSPS) is 15.5. The number of aryl methyl sites for hydroxylation is 1. The smallest absolute Gasteiger partial charge is 0.181 e. The van der Waals surface area contributed by atoms with Crippen molar-refractivity contribution in [3.05, 3.63) is 51.5 Å². The van der Waals surface area contributed by atoms with E-state index in [1.54, 1.807) is 18.2 Å². The fraction of sp³-hybridized carbons (Fsp3) is 0.278. The highest BCUT2D eigenvalue weighted by Gasteiger charge is 2.31. The number of fused-ring (bicyclic) bond motifs is 1. The number of phenols is 1. The average molecular weight is 535 g/mol. The second-order valence-corrected chi connectivity index (χ2v) is 8.60. The molecule has 0 saturated carbocycles. The molecule has 1 N–H and O–H groups in total. The fourth-order valence-electron chi connectivity index (χ4n) is 2.64. The monoisotopic (exact) mass is 532 g/mol. The minimum Gasteiger partial charge on any atom is -0.507 e. The number of aromatic hydroxyl groups is 1. The van der Waals surface area contributed by atoms with Crippen molar-refractivity contribution in [2.45, 2.75) is 16.6 Å². The number of Topliss-reactive ketones (excluding diaryl/α,β-unsaturated/α-hetero) is 1. The average Bonchev–Trinajstić information content (AvgIpc) is 2.59. The SMILES string of the molecule is Cc1ccc(C(=O)[C@H](Br)[C@H](Br)c2cc(Br)cc3c2OCCO3)c(O)c1. The lowest BCUT2D eigenvalue weighted by Gasteiger charge is -2.25. The van der Waals surface area contributed by atoms with Crippen molar-refractivity contribution < 1.29 is 19.4 Å². The fourth-order valence-corrected chi connectivity index (χ4v) is 4.21. The molecule has 0 unspecified atom stereocenters. The largest absolute Gasteiger partial charge is 0.507 e. The van der Waals surface area contributed by atoms with Gasteiger partial charge >= 0.3 is 0 Å². The van der Waals surface area contributed by atoms with Crippen molar-refractivity contribution >= 4 is 53.6 Å². The third kappa shape index (κ3) is 3.88. The number of benzene rings is 2. The zero-order valence-electron chi connectivity index (χ0n) is 13.3. The van der Waals surface area contributed by atoms with E-state index in [2.05, 4.69) is 47.8 Å². The molecule has 0 saturated heterocycles. The van der Waals surface area contributed by atoms with Gasteiger partial charge in [0, 0.05) is 10.0 Å². The molecule has 1 aliphatic rings. The summed E-state index contributed by atoms with van der Waals surface area (Å²) < 4.78 is 12.2. The summed E-state index contributed by atoms with van der Waals surface area (Å²) >= 11 is 10.5. The summed E-state index contributed by atoms with van der Waals surface area (Å²) in [6.45, 7) is 2.81. The maximum Gasteiger partial charge on any atom is 0.181 e. The van der Waals surface area contributed by atoms with Crippen LogP contribution in [0.2, 0.25) is 0 Å². The van der Waals surface area contributed by atoms with E-state index in [1.807, 2.05) is 19.1 Å². The van der Waals surface area contributed by atoms with Crippen molar-refractivity contribution in [1.82, 2.24) is 0 Å². The van der Waals surface area contributed by atoms with Crippen LogP contribution in [0.25, 0.3) is 0 Å². The van der Waals surface area contributed by atoms with Crippen molar-refractivity contribution in [2.75, 3.05) is 13.2 Å². The molecule has 25 heavy (non-hydrogen) atoms. The lowest BCUT2D eigenvalue weighted by molar-refractivity contribution is 0.0987. The van der Waals surface area contributed by atoms with E-state index in [0.29, 0.717) is 24.7 Å². The number of ether oxygens (including phenoxy) is 2. The Balaban J connectivity index is 1.94. The van der Waals surface area contributed by atoms with Crippen LogP contribution in [0.5, 0.6) is 17.2 Å². The van der Waals surface area contributed by atoms with Gasteiger partial charge in [-0.3, -0.25) is 4.79 Å². The molecule has 1 heterocycles. The van der Waals surface area contributed by atoms with Gasteiger partial charge < -0.3 is 14.6 Å². The van der Waals surface area contributed by atoms with Crippen LogP contribution >= 0.6 is 47.8 Å². The molecule has 0 bridgehead atoms. The maximum atomic E-state index is 12.8. The van der Waals surface area contributed by atoms with E-state index in [9.17, 15) is 9.90 Å². The summed E-state index contributed by atoms with van der Waals surface area (Å²) in [5, 5.41) is 10.1. The van der Waals surface area contributed by atoms with Gasteiger partial charge in [-0.25, -0.2) is 0 Å². The Kier molecular flexibility index (Phi) is 5.75. The number of hydrogen-bond acceptors (Lipinski definition) is 4. The van der Waals surface area contributed by atoms with Gasteiger partial charge in [-0.1, -0.05) is 53.9 Å². The summed E-state index contributed by atoms with van der Waals surface area (Å²) in [5.74, 6) is 1.03. The van der Waals surface area contributed by atoms with Crippen molar-refractivity contribution in [3.8, 4) is 17.2 Å². The molecule has 0 fully saturated rings. The van der Waals surface area contributed by atoms with Crippen molar-refractivity contribution in [2.24, 2.45) is 0 Å². The Morgan fingerprint density at radius 1 is 1.16 bits per heavy atom. The minimum atomic E-state index is -0.593. The van der Waals surface area contributed by atoms with Gasteiger partial charge in [-0.2, -0.15) is 0 Å². The molecule has 132 valence electrons. The summed E-state index contributed by atoms with van der Waals surface area (Å²) in [6, 6.07) is 8.75. The van der Waals surface area contributed by atoms with Crippen LogP contribution in [0.3, 0.4) is 0 Å². The molecule has 3 rings (SSSR count). The number of halogens is 3. The lowest BCUT2D eigenvalue weighted by Crippen LogP contribution is -2.22. The first-order chi connectivity index (χ1) is 11.9. The Hall–Kier alpha value is -1.05. The summed E-state index contributed by atoms with van der Waals surface area (Å²) in [4.78, 5) is 11.9. The van der Waals surface area contributed by atoms with E-state index in [0.717, 1.165) is 15.6 Å². The number of hydrogen-bond donors (Lipinski definition) is 1. The first-order valence-electron chi connectivity index (χ1n) is 7.59. The highest BCUT2D eigenvalue weighted by atomic mass is 79.9. The van der Waals surface area contributed by atoms with Crippen LogP contribution < -0.4 is 9.47 Å². The van der Waals surface area contributed by atoms with Gasteiger partial charge in [0.2, 0.25) is 0 Å². The van der Waals surface area contributed by atoms with Crippen molar-refractivity contribution in [3.63, 3.8) is 0 Å². The molecule has 4 nitrogen and oxygen atoms in total. The van der Waals surface area contributed by atoms with E-state index >= 15 is 0 Å². The van der Waals surface area contributed by atoms with Crippen LogP contribution in [0.15, 0.2) is 34.8 Å². The number of carbonyl (C=O) groups is 1. The van der Waals surface area contributed by atoms with Gasteiger partial charge in [0.25, 0.3) is 0 Å². The molecule has 2 aromatic rings. The highest BCUT2D eigenvalue weighted by molar-refractivity contribution is 9.12. The van der Waals surface area contributed by atoms with Gasteiger partial charge in [0.1, 0.15) is 19.0 Å². The molecule has 7 heteroatoms. The number of phenolic OH excluding ortho intramolecular Hbond substituents is 1. The third-order valence-electron chi connectivity index (χ3n) is 3.86. The van der Waals surface area contributed by atoms with Crippen molar-refractivity contribution in [1.29, 1.82) is 0 Å². The van der Waals surface area contributed by atoms with E-state index in [1.165, 1.54) is 0 Å². The first-order valence-corrected chi connectivity index (χ1v) is 10.2. The van der Waals surface area contributed by atoms with Crippen LogP contribution in [0.4, 0.5) is 0 Å². The number of rotatable bonds is 4. The van der Waals surface area contributed by atoms with Gasteiger partial charge in [-0.05, 0) is 36.8 Å². The summed E-state index contributed by atoms with van der Waals surface area (Å²) in [7, 11) is 0. The highest BCUT2D eigenvalue weighted by Crippen LogP contribution is 2.45.